The van der Waals surface area contributed by atoms with Crippen LogP contribution < -0.4 is 4.74 Å². The summed E-state index contributed by atoms with van der Waals surface area (Å²) in [6.07, 6.45) is -4.57. The number of hydrogen-bond donors (Lipinski definition) is 1. The molecule has 0 fully saturated rings. The van der Waals surface area contributed by atoms with E-state index in [2.05, 4.69) is 9.97 Å². The fourth-order valence-electron chi connectivity index (χ4n) is 1.67. The summed E-state index contributed by atoms with van der Waals surface area (Å²) in [6.45, 7) is 2.30. The highest BCUT2D eigenvalue weighted by molar-refractivity contribution is 7.71. The first-order valence-corrected chi connectivity index (χ1v) is 6.23. The van der Waals surface area contributed by atoms with Crippen LogP contribution in [0.4, 0.5) is 13.2 Å². The molecule has 0 unspecified atom stereocenters. The van der Waals surface area contributed by atoms with E-state index in [0.29, 0.717) is 17.9 Å². The molecular formula is C13H11F3N2OS. The summed E-state index contributed by atoms with van der Waals surface area (Å²) in [7, 11) is 0. The zero-order valence-corrected chi connectivity index (χ0v) is 11.3. The third-order valence-corrected chi connectivity index (χ3v) is 2.68. The van der Waals surface area contributed by atoms with Crippen molar-refractivity contribution in [3.8, 4) is 17.0 Å². The van der Waals surface area contributed by atoms with E-state index >= 15 is 0 Å². The van der Waals surface area contributed by atoms with E-state index in [1.807, 2.05) is 6.92 Å². The number of alkyl halides is 3. The van der Waals surface area contributed by atoms with Gasteiger partial charge < -0.3 is 9.72 Å². The third kappa shape index (κ3) is 3.36. The summed E-state index contributed by atoms with van der Waals surface area (Å²) >= 11 is 4.78. The van der Waals surface area contributed by atoms with Crippen molar-refractivity contribution in [3.05, 3.63) is 40.8 Å². The Morgan fingerprint density at radius 2 is 2.05 bits per heavy atom. The van der Waals surface area contributed by atoms with Gasteiger partial charge in [-0.15, -0.1) is 0 Å². The van der Waals surface area contributed by atoms with E-state index < -0.39 is 12.0 Å². The van der Waals surface area contributed by atoms with Crippen molar-refractivity contribution in [2.45, 2.75) is 13.1 Å². The minimum Gasteiger partial charge on any atom is -0.494 e. The lowest BCUT2D eigenvalue weighted by Gasteiger charge is -2.10. The molecule has 3 nitrogen and oxygen atoms in total. The number of aromatic nitrogens is 2. The largest absolute Gasteiger partial charge is 0.494 e. The summed E-state index contributed by atoms with van der Waals surface area (Å²) in [5, 5.41) is 0. The molecule has 7 heteroatoms. The maximum Gasteiger partial charge on any atom is 0.449 e. The van der Waals surface area contributed by atoms with E-state index in [0.717, 1.165) is 0 Å². The smallest absolute Gasteiger partial charge is 0.449 e. The Hall–Kier alpha value is -1.89. The second kappa shape index (κ2) is 5.62. The fourth-order valence-corrected chi connectivity index (χ4v) is 1.88. The van der Waals surface area contributed by atoms with Gasteiger partial charge in [0.15, 0.2) is 0 Å². The minimum absolute atomic E-state index is 0.118. The molecule has 0 amide bonds. The Labute approximate surface area is 118 Å². The Balaban J connectivity index is 2.50. The molecule has 0 aliphatic rings. The molecule has 1 aromatic heterocycles. The molecular weight excluding hydrogens is 289 g/mol. The number of rotatable bonds is 3. The number of hydrogen-bond acceptors (Lipinski definition) is 3. The van der Waals surface area contributed by atoms with Gasteiger partial charge in [-0.25, -0.2) is 4.98 Å². The van der Waals surface area contributed by atoms with E-state index in [9.17, 15) is 13.2 Å². The van der Waals surface area contributed by atoms with Gasteiger partial charge >= 0.3 is 6.18 Å². The van der Waals surface area contributed by atoms with Crippen molar-refractivity contribution in [3.63, 3.8) is 0 Å². The fraction of sp³-hybridized carbons (Fsp3) is 0.231. The predicted octanol–water partition coefficient (Wildman–Crippen LogP) is 4.22. The van der Waals surface area contributed by atoms with Crippen LogP contribution in [0.5, 0.6) is 5.75 Å². The highest BCUT2D eigenvalue weighted by Crippen LogP contribution is 2.29. The molecule has 0 aliphatic carbocycles. The van der Waals surface area contributed by atoms with Crippen LogP contribution in [0.15, 0.2) is 30.3 Å². The van der Waals surface area contributed by atoms with Crippen LogP contribution in [0.1, 0.15) is 12.7 Å². The van der Waals surface area contributed by atoms with Crippen molar-refractivity contribution in [1.29, 1.82) is 0 Å². The lowest BCUT2D eigenvalue weighted by atomic mass is 10.1. The molecule has 0 bridgehead atoms. The summed E-state index contributed by atoms with van der Waals surface area (Å²) in [5.74, 6) is -0.531. The molecule has 2 rings (SSSR count). The molecule has 1 N–H and O–H groups in total. The van der Waals surface area contributed by atoms with Crippen LogP contribution in [-0.2, 0) is 6.18 Å². The molecule has 0 atom stereocenters. The second-order valence-corrected chi connectivity index (χ2v) is 4.36. The van der Waals surface area contributed by atoms with Crippen molar-refractivity contribution in [1.82, 2.24) is 9.97 Å². The summed E-state index contributed by atoms with van der Waals surface area (Å²) in [4.78, 5) is 5.54. The van der Waals surface area contributed by atoms with Crippen molar-refractivity contribution < 1.29 is 17.9 Å². The topological polar surface area (TPSA) is 37.9 Å². The quantitative estimate of drug-likeness (QED) is 0.862. The van der Waals surface area contributed by atoms with E-state index in [-0.39, 0.29) is 10.3 Å². The van der Waals surface area contributed by atoms with Crippen LogP contribution in [0.25, 0.3) is 11.3 Å². The van der Waals surface area contributed by atoms with Crippen LogP contribution >= 0.6 is 12.2 Å². The SMILES string of the molecule is CCOc1cccc(-c2cc(=S)nc(C(F)(F)F)[nH]2)c1. The predicted molar refractivity (Wildman–Crippen MR) is 71.0 cm³/mol. The standard InChI is InChI=1S/C13H11F3N2OS/c1-2-19-9-5-3-4-8(6-9)10-7-11(20)18-12(17-10)13(14,15)16/h3-7H,2H2,1H3,(H,17,18,20). The van der Waals surface area contributed by atoms with Gasteiger partial charge in [0, 0.05) is 5.56 Å². The lowest BCUT2D eigenvalue weighted by molar-refractivity contribution is -0.144. The molecule has 0 saturated heterocycles. The Bertz CT molecular complexity index is 667. The first-order valence-electron chi connectivity index (χ1n) is 5.82. The van der Waals surface area contributed by atoms with Crippen molar-refractivity contribution in [2.24, 2.45) is 0 Å². The highest BCUT2D eigenvalue weighted by atomic mass is 32.1. The van der Waals surface area contributed by atoms with Gasteiger partial charge in [0.05, 0.1) is 12.3 Å². The first kappa shape index (κ1) is 14.5. The lowest BCUT2D eigenvalue weighted by Crippen LogP contribution is -2.11. The van der Waals surface area contributed by atoms with Gasteiger partial charge in [-0.05, 0) is 25.1 Å². The minimum atomic E-state index is -4.57. The molecule has 0 saturated carbocycles. The van der Waals surface area contributed by atoms with Crippen LogP contribution in [0, 0.1) is 4.64 Å². The molecule has 106 valence electrons. The molecule has 1 heterocycles. The third-order valence-electron chi connectivity index (χ3n) is 2.47. The van der Waals surface area contributed by atoms with E-state index in [1.165, 1.54) is 6.07 Å². The molecule has 0 spiro atoms. The van der Waals surface area contributed by atoms with Crippen LogP contribution in [0.2, 0.25) is 0 Å². The van der Waals surface area contributed by atoms with Crippen molar-refractivity contribution >= 4 is 12.2 Å². The molecule has 0 radical (unpaired) electrons. The highest BCUT2D eigenvalue weighted by Gasteiger charge is 2.34. The van der Waals surface area contributed by atoms with Gasteiger partial charge in [0.25, 0.3) is 0 Å². The second-order valence-electron chi connectivity index (χ2n) is 3.94. The van der Waals surface area contributed by atoms with Gasteiger partial charge in [-0.3, -0.25) is 0 Å². The van der Waals surface area contributed by atoms with E-state index in [4.69, 9.17) is 17.0 Å². The van der Waals surface area contributed by atoms with Gasteiger partial charge in [0.2, 0.25) is 5.82 Å². The zero-order valence-electron chi connectivity index (χ0n) is 10.5. The average Bonchev–Trinajstić information content (AvgIpc) is 2.38. The Kier molecular flexibility index (Phi) is 4.08. The monoisotopic (exact) mass is 300 g/mol. The van der Waals surface area contributed by atoms with Gasteiger partial charge in [-0.2, -0.15) is 13.2 Å². The van der Waals surface area contributed by atoms with E-state index in [1.54, 1.807) is 24.3 Å². The Morgan fingerprint density at radius 1 is 1.30 bits per heavy atom. The Morgan fingerprint density at radius 3 is 2.70 bits per heavy atom. The first-order chi connectivity index (χ1) is 9.40. The number of halogens is 3. The average molecular weight is 300 g/mol. The molecule has 20 heavy (non-hydrogen) atoms. The summed E-state index contributed by atoms with van der Waals surface area (Å²) in [6, 6.07) is 8.13. The van der Waals surface area contributed by atoms with Gasteiger partial charge in [0.1, 0.15) is 10.4 Å². The molecule has 0 aliphatic heterocycles. The van der Waals surface area contributed by atoms with Crippen molar-refractivity contribution in [2.75, 3.05) is 6.61 Å². The number of H-pyrrole nitrogens is 1. The maximum atomic E-state index is 12.7. The molecule has 1 aromatic carbocycles. The molecule has 2 aromatic rings. The number of nitrogens with zero attached hydrogens (tertiary/aromatic N) is 1. The summed E-state index contributed by atoms with van der Waals surface area (Å²) < 4.78 is 43.3. The number of aromatic amines is 1. The summed E-state index contributed by atoms with van der Waals surface area (Å²) in [5.41, 5.74) is 0.800. The number of ether oxygens (including phenoxy) is 1. The number of benzene rings is 1. The maximum absolute atomic E-state index is 12.7. The van der Waals surface area contributed by atoms with Gasteiger partial charge in [-0.1, -0.05) is 24.4 Å². The van der Waals surface area contributed by atoms with Crippen LogP contribution in [-0.4, -0.2) is 16.6 Å². The zero-order chi connectivity index (χ0) is 14.8. The number of nitrogens with one attached hydrogen (secondary N) is 1. The van der Waals surface area contributed by atoms with Crippen LogP contribution in [0.3, 0.4) is 0 Å². The normalized spacial score (nSPS) is 11.4.